The number of nitrogens with zero attached hydrogens (tertiary/aromatic N) is 3. The lowest BCUT2D eigenvalue weighted by Crippen LogP contribution is -2.46. The molecular weight excluding hydrogens is 274 g/mol. The molecule has 112 valence electrons. The highest BCUT2D eigenvalue weighted by molar-refractivity contribution is 7.09. The molecule has 0 N–H and O–H groups in total. The minimum atomic E-state index is -0.123. The third-order valence-electron chi connectivity index (χ3n) is 3.61. The number of aryl methyl sites for hydroxylation is 1. The highest BCUT2D eigenvalue weighted by Gasteiger charge is 2.18. The summed E-state index contributed by atoms with van der Waals surface area (Å²) in [4.78, 5) is 20.5. The SMILES string of the molecule is CCc1nc(CN2CCN(CCC(=O)OC)CC2)cs1. The van der Waals surface area contributed by atoms with Crippen LogP contribution < -0.4 is 0 Å². The van der Waals surface area contributed by atoms with Gasteiger partial charge in [-0.15, -0.1) is 11.3 Å². The van der Waals surface area contributed by atoms with Crippen LogP contribution in [0.2, 0.25) is 0 Å². The Hall–Kier alpha value is -0.980. The molecule has 1 aliphatic heterocycles. The molecule has 0 amide bonds. The van der Waals surface area contributed by atoms with Gasteiger partial charge in [-0.25, -0.2) is 4.98 Å². The Morgan fingerprint density at radius 1 is 1.35 bits per heavy atom. The fraction of sp³-hybridized carbons (Fsp3) is 0.714. The van der Waals surface area contributed by atoms with Crippen molar-refractivity contribution in [1.82, 2.24) is 14.8 Å². The lowest BCUT2D eigenvalue weighted by Gasteiger charge is -2.34. The number of aromatic nitrogens is 1. The van der Waals surface area contributed by atoms with E-state index in [0.29, 0.717) is 6.42 Å². The summed E-state index contributed by atoms with van der Waals surface area (Å²) in [5, 5.41) is 3.39. The Kier molecular flexibility index (Phi) is 5.94. The lowest BCUT2D eigenvalue weighted by atomic mass is 10.2. The van der Waals surface area contributed by atoms with Gasteiger partial charge in [0.1, 0.15) is 0 Å². The van der Waals surface area contributed by atoms with E-state index < -0.39 is 0 Å². The summed E-state index contributed by atoms with van der Waals surface area (Å²) in [6.45, 7) is 8.01. The van der Waals surface area contributed by atoms with E-state index in [1.165, 1.54) is 17.8 Å². The highest BCUT2D eigenvalue weighted by Crippen LogP contribution is 2.13. The van der Waals surface area contributed by atoms with Gasteiger partial charge in [-0.05, 0) is 6.42 Å². The van der Waals surface area contributed by atoms with Gasteiger partial charge in [0.2, 0.25) is 0 Å². The van der Waals surface area contributed by atoms with E-state index in [1.807, 2.05) is 0 Å². The predicted octanol–water partition coefficient (Wildman–Crippen LogP) is 1.39. The number of esters is 1. The summed E-state index contributed by atoms with van der Waals surface area (Å²) in [5.74, 6) is -0.123. The van der Waals surface area contributed by atoms with Crippen LogP contribution >= 0.6 is 11.3 Å². The largest absolute Gasteiger partial charge is 0.469 e. The second kappa shape index (κ2) is 7.71. The predicted molar refractivity (Wildman–Crippen MR) is 79.8 cm³/mol. The van der Waals surface area contributed by atoms with Crippen LogP contribution in [0.4, 0.5) is 0 Å². The number of carbonyl (C=O) groups is 1. The first-order valence-corrected chi connectivity index (χ1v) is 8.04. The van der Waals surface area contributed by atoms with Gasteiger partial charge in [0, 0.05) is 44.6 Å². The molecular formula is C14H23N3O2S. The third-order valence-corrected chi connectivity index (χ3v) is 4.65. The molecule has 2 rings (SSSR count). The molecule has 0 bridgehead atoms. The average Bonchev–Trinajstić information content (AvgIpc) is 2.94. The average molecular weight is 297 g/mol. The molecule has 1 fully saturated rings. The van der Waals surface area contributed by atoms with Gasteiger partial charge in [-0.3, -0.25) is 9.69 Å². The van der Waals surface area contributed by atoms with Crippen LogP contribution in [0.5, 0.6) is 0 Å². The number of methoxy groups -OCH3 is 1. The zero-order valence-electron chi connectivity index (χ0n) is 12.3. The number of carbonyl (C=O) groups excluding carboxylic acids is 1. The maximum absolute atomic E-state index is 11.1. The van der Waals surface area contributed by atoms with Gasteiger partial charge in [0.15, 0.2) is 0 Å². The molecule has 0 atom stereocenters. The quantitative estimate of drug-likeness (QED) is 0.743. The van der Waals surface area contributed by atoms with Gasteiger partial charge in [-0.2, -0.15) is 0 Å². The first-order chi connectivity index (χ1) is 9.71. The zero-order valence-corrected chi connectivity index (χ0v) is 13.1. The number of hydrogen-bond donors (Lipinski definition) is 0. The molecule has 0 aromatic carbocycles. The maximum atomic E-state index is 11.1. The van der Waals surface area contributed by atoms with Gasteiger partial charge < -0.3 is 9.64 Å². The molecule has 0 aliphatic carbocycles. The number of hydrogen-bond acceptors (Lipinski definition) is 6. The molecule has 1 saturated heterocycles. The van der Waals surface area contributed by atoms with Crippen LogP contribution in [-0.2, 0) is 22.5 Å². The minimum absolute atomic E-state index is 0.123. The molecule has 5 nitrogen and oxygen atoms in total. The Labute approximate surface area is 124 Å². The molecule has 0 spiro atoms. The highest BCUT2D eigenvalue weighted by atomic mass is 32.1. The van der Waals surface area contributed by atoms with Gasteiger partial charge in [0.05, 0.1) is 24.2 Å². The molecule has 0 saturated carbocycles. The van der Waals surface area contributed by atoms with Crippen LogP contribution in [-0.4, -0.2) is 60.6 Å². The van der Waals surface area contributed by atoms with E-state index in [2.05, 4.69) is 31.8 Å². The van der Waals surface area contributed by atoms with E-state index in [4.69, 9.17) is 0 Å². The van der Waals surface area contributed by atoms with Crippen LogP contribution in [0.3, 0.4) is 0 Å². The first-order valence-electron chi connectivity index (χ1n) is 7.16. The minimum Gasteiger partial charge on any atom is -0.469 e. The molecule has 1 aromatic rings. The molecule has 0 radical (unpaired) electrons. The van der Waals surface area contributed by atoms with Gasteiger partial charge in [-0.1, -0.05) is 6.92 Å². The standard InChI is InChI=1S/C14H23N3O2S/c1-3-13-15-12(11-20-13)10-17-8-6-16(7-9-17)5-4-14(18)19-2/h11H,3-10H2,1-2H3. The van der Waals surface area contributed by atoms with Gasteiger partial charge in [0.25, 0.3) is 0 Å². The number of thiazole rings is 1. The van der Waals surface area contributed by atoms with Crippen LogP contribution in [0, 0.1) is 0 Å². The topological polar surface area (TPSA) is 45.7 Å². The van der Waals surface area contributed by atoms with Crippen molar-refractivity contribution in [2.24, 2.45) is 0 Å². The zero-order chi connectivity index (χ0) is 14.4. The molecule has 1 aliphatic rings. The molecule has 6 heteroatoms. The van der Waals surface area contributed by atoms with Crippen LogP contribution in [0.15, 0.2) is 5.38 Å². The Balaban J connectivity index is 1.70. The maximum Gasteiger partial charge on any atom is 0.306 e. The third kappa shape index (κ3) is 4.54. The van der Waals surface area contributed by atoms with Crippen molar-refractivity contribution < 1.29 is 9.53 Å². The summed E-state index contributed by atoms with van der Waals surface area (Å²) in [7, 11) is 1.44. The second-order valence-electron chi connectivity index (χ2n) is 5.03. The first kappa shape index (κ1) is 15.4. The summed E-state index contributed by atoms with van der Waals surface area (Å²) < 4.78 is 4.67. The molecule has 2 heterocycles. The summed E-state index contributed by atoms with van der Waals surface area (Å²) in [6, 6.07) is 0. The fourth-order valence-electron chi connectivity index (χ4n) is 2.34. The Morgan fingerprint density at radius 3 is 2.65 bits per heavy atom. The van der Waals surface area contributed by atoms with Gasteiger partial charge >= 0.3 is 5.97 Å². The van der Waals surface area contributed by atoms with Crippen LogP contribution in [0.25, 0.3) is 0 Å². The van der Waals surface area contributed by atoms with E-state index in [9.17, 15) is 4.79 Å². The van der Waals surface area contributed by atoms with Crippen molar-refractivity contribution in [1.29, 1.82) is 0 Å². The smallest absolute Gasteiger partial charge is 0.306 e. The molecule has 1 aromatic heterocycles. The van der Waals surface area contributed by atoms with Crippen molar-refractivity contribution in [2.45, 2.75) is 26.3 Å². The summed E-state index contributed by atoms with van der Waals surface area (Å²) >= 11 is 1.75. The second-order valence-corrected chi connectivity index (χ2v) is 5.97. The fourth-order valence-corrected chi connectivity index (χ4v) is 3.07. The number of rotatable bonds is 6. The summed E-state index contributed by atoms with van der Waals surface area (Å²) in [6.07, 6.45) is 1.51. The molecule has 0 unspecified atom stereocenters. The van der Waals surface area contributed by atoms with Crippen molar-refractivity contribution in [2.75, 3.05) is 39.8 Å². The van der Waals surface area contributed by atoms with Crippen molar-refractivity contribution in [3.05, 3.63) is 16.1 Å². The summed E-state index contributed by atoms with van der Waals surface area (Å²) in [5.41, 5.74) is 1.19. The number of piperazine rings is 1. The van der Waals surface area contributed by atoms with Crippen molar-refractivity contribution >= 4 is 17.3 Å². The van der Waals surface area contributed by atoms with E-state index in [1.54, 1.807) is 11.3 Å². The lowest BCUT2D eigenvalue weighted by molar-refractivity contribution is -0.141. The van der Waals surface area contributed by atoms with E-state index in [-0.39, 0.29) is 5.97 Å². The Morgan fingerprint density at radius 2 is 2.05 bits per heavy atom. The normalized spacial score (nSPS) is 17.3. The van der Waals surface area contributed by atoms with Crippen molar-refractivity contribution in [3.8, 4) is 0 Å². The van der Waals surface area contributed by atoms with E-state index in [0.717, 1.165) is 45.7 Å². The number of ether oxygens (including phenoxy) is 1. The molecule has 20 heavy (non-hydrogen) atoms. The van der Waals surface area contributed by atoms with Crippen LogP contribution in [0.1, 0.15) is 24.0 Å². The monoisotopic (exact) mass is 297 g/mol. The van der Waals surface area contributed by atoms with Crippen molar-refractivity contribution in [3.63, 3.8) is 0 Å². The Bertz CT molecular complexity index is 428. The van der Waals surface area contributed by atoms with E-state index >= 15 is 0 Å².